The van der Waals surface area contributed by atoms with Crippen LogP contribution in [0.15, 0.2) is 0 Å². The Morgan fingerprint density at radius 3 is 2.73 bits per heavy atom. The summed E-state index contributed by atoms with van der Waals surface area (Å²) < 4.78 is 2.42. The highest BCUT2D eigenvalue weighted by Gasteiger charge is 2.06. The SMILES string of the molecule is CCn1c(N)c(C#N)sc1=S. The molecule has 1 aromatic rings. The van der Waals surface area contributed by atoms with Crippen molar-refractivity contribution in [3.05, 3.63) is 8.83 Å². The van der Waals surface area contributed by atoms with Crippen molar-refractivity contribution in [1.29, 1.82) is 5.26 Å². The number of hydrogen-bond acceptors (Lipinski definition) is 4. The molecule has 0 aliphatic carbocycles. The van der Waals surface area contributed by atoms with Gasteiger partial charge in [-0.25, -0.2) is 0 Å². The monoisotopic (exact) mass is 185 g/mol. The highest BCUT2D eigenvalue weighted by atomic mass is 32.1. The Morgan fingerprint density at radius 1 is 1.82 bits per heavy atom. The van der Waals surface area contributed by atoms with Crippen molar-refractivity contribution in [2.24, 2.45) is 0 Å². The van der Waals surface area contributed by atoms with Gasteiger partial charge >= 0.3 is 0 Å². The molecule has 0 amide bonds. The zero-order valence-corrected chi connectivity index (χ0v) is 7.63. The van der Waals surface area contributed by atoms with Gasteiger partial charge in [0.25, 0.3) is 0 Å². The fourth-order valence-electron chi connectivity index (χ4n) is 0.795. The number of nitrogens with zero attached hydrogens (tertiary/aromatic N) is 2. The fraction of sp³-hybridized carbons (Fsp3) is 0.333. The molecular weight excluding hydrogens is 178 g/mol. The van der Waals surface area contributed by atoms with Crippen LogP contribution in [0.3, 0.4) is 0 Å². The van der Waals surface area contributed by atoms with Crippen LogP contribution >= 0.6 is 23.6 Å². The Morgan fingerprint density at radius 2 is 2.45 bits per heavy atom. The lowest BCUT2D eigenvalue weighted by Crippen LogP contribution is -2.00. The van der Waals surface area contributed by atoms with Crippen LogP contribution < -0.4 is 5.73 Å². The summed E-state index contributed by atoms with van der Waals surface area (Å²) in [7, 11) is 0. The Bertz CT molecular complexity index is 355. The van der Waals surface area contributed by atoms with Crippen LogP contribution in [0.5, 0.6) is 0 Å². The molecule has 0 aliphatic heterocycles. The number of hydrogen-bond donors (Lipinski definition) is 1. The van der Waals surface area contributed by atoms with Crippen LogP contribution in [0, 0.1) is 15.3 Å². The van der Waals surface area contributed by atoms with Crippen molar-refractivity contribution >= 4 is 29.4 Å². The van der Waals surface area contributed by atoms with Gasteiger partial charge in [0, 0.05) is 6.54 Å². The molecule has 1 rings (SSSR count). The van der Waals surface area contributed by atoms with Gasteiger partial charge in [0.15, 0.2) is 3.95 Å². The second-order valence-electron chi connectivity index (χ2n) is 1.94. The van der Waals surface area contributed by atoms with E-state index < -0.39 is 0 Å². The minimum atomic E-state index is 0.491. The Hall–Kier alpha value is -0.860. The predicted octanol–water partition coefficient (Wildman–Crippen LogP) is 1.75. The second kappa shape index (κ2) is 3.03. The van der Waals surface area contributed by atoms with Crippen LogP contribution in [-0.4, -0.2) is 4.57 Å². The van der Waals surface area contributed by atoms with Gasteiger partial charge in [0.05, 0.1) is 0 Å². The number of rotatable bonds is 1. The maximum Gasteiger partial charge on any atom is 0.163 e. The molecule has 0 fully saturated rings. The minimum absolute atomic E-state index is 0.491. The van der Waals surface area contributed by atoms with Crippen molar-refractivity contribution in [3.63, 3.8) is 0 Å². The van der Waals surface area contributed by atoms with Crippen molar-refractivity contribution in [2.75, 3.05) is 5.73 Å². The molecule has 5 heteroatoms. The van der Waals surface area contributed by atoms with Gasteiger partial charge in [0.2, 0.25) is 0 Å². The molecule has 1 heterocycles. The first-order valence-corrected chi connectivity index (χ1v) is 4.32. The topological polar surface area (TPSA) is 54.7 Å². The van der Waals surface area contributed by atoms with Gasteiger partial charge < -0.3 is 10.3 Å². The van der Waals surface area contributed by atoms with Crippen LogP contribution in [0.2, 0.25) is 0 Å². The third-order valence-corrected chi connectivity index (χ3v) is 2.72. The van der Waals surface area contributed by atoms with Gasteiger partial charge in [-0.2, -0.15) is 5.26 Å². The lowest BCUT2D eigenvalue weighted by atomic mass is 10.5. The lowest BCUT2D eigenvalue weighted by Gasteiger charge is -1.97. The van der Waals surface area contributed by atoms with E-state index in [4.69, 9.17) is 23.2 Å². The summed E-state index contributed by atoms with van der Waals surface area (Å²) in [5.41, 5.74) is 5.61. The van der Waals surface area contributed by atoms with E-state index in [0.29, 0.717) is 14.6 Å². The highest BCUT2D eigenvalue weighted by molar-refractivity contribution is 7.73. The van der Waals surface area contributed by atoms with Crippen LogP contribution in [-0.2, 0) is 6.54 Å². The number of anilines is 1. The van der Waals surface area contributed by atoms with Crippen molar-refractivity contribution < 1.29 is 0 Å². The summed E-state index contributed by atoms with van der Waals surface area (Å²) in [6.07, 6.45) is 0. The number of aromatic nitrogens is 1. The molecule has 0 spiro atoms. The average Bonchev–Trinajstić information content (AvgIpc) is 2.26. The average molecular weight is 185 g/mol. The number of thiazole rings is 1. The van der Waals surface area contributed by atoms with Gasteiger partial charge in [-0.3, -0.25) is 0 Å². The molecule has 0 saturated heterocycles. The van der Waals surface area contributed by atoms with Crippen molar-refractivity contribution in [3.8, 4) is 6.07 Å². The number of nitrogens with two attached hydrogens (primary N) is 1. The predicted molar refractivity (Wildman–Crippen MR) is 47.9 cm³/mol. The number of nitrogen functional groups attached to an aromatic ring is 1. The largest absolute Gasteiger partial charge is 0.383 e. The van der Waals surface area contributed by atoms with E-state index in [0.717, 1.165) is 6.54 Å². The minimum Gasteiger partial charge on any atom is -0.383 e. The fourth-order valence-corrected chi connectivity index (χ4v) is 2.05. The Balaban J connectivity index is 3.40. The van der Waals surface area contributed by atoms with E-state index >= 15 is 0 Å². The summed E-state index contributed by atoms with van der Waals surface area (Å²) in [5.74, 6) is 0.491. The maximum absolute atomic E-state index is 8.57. The van der Waals surface area contributed by atoms with E-state index in [-0.39, 0.29) is 0 Å². The second-order valence-corrected chi connectivity index (χ2v) is 3.58. The van der Waals surface area contributed by atoms with E-state index in [2.05, 4.69) is 0 Å². The standard InChI is InChI=1S/C6H7N3S2/c1-2-9-5(8)4(3-7)11-6(9)10/h2,8H2,1H3. The highest BCUT2D eigenvalue weighted by Crippen LogP contribution is 2.20. The van der Waals surface area contributed by atoms with Gasteiger partial charge in [-0.1, -0.05) is 11.3 Å². The molecule has 1 aromatic heterocycles. The first kappa shape index (κ1) is 8.24. The van der Waals surface area contributed by atoms with E-state index in [1.165, 1.54) is 11.3 Å². The molecule has 0 bridgehead atoms. The van der Waals surface area contributed by atoms with Gasteiger partial charge in [0.1, 0.15) is 16.8 Å². The summed E-state index contributed by atoms with van der Waals surface area (Å²) in [5, 5.41) is 8.57. The number of nitriles is 1. The van der Waals surface area contributed by atoms with Crippen LogP contribution in [0.25, 0.3) is 0 Å². The summed E-state index contributed by atoms with van der Waals surface area (Å²) in [6.45, 7) is 2.67. The molecule has 11 heavy (non-hydrogen) atoms. The van der Waals surface area contributed by atoms with Gasteiger partial charge in [-0.05, 0) is 19.1 Å². The molecular formula is C6H7N3S2. The van der Waals surface area contributed by atoms with Crippen molar-refractivity contribution in [2.45, 2.75) is 13.5 Å². The summed E-state index contributed by atoms with van der Waals surface area (Å²) in [6, 6.07) is 2.00. The van der Waals surface area contributed by atoms with E-state index in [1.807, 2.05) is 13.0 Å². The van der Waals surface area contributed by atoms with Crippen LogP contribution in [0.4, 0.5) is 5.82 Å². The smallest absolute Gasteiger partial charge is 0.163 e. The van der Waals surface area contributed by atoms with Crippen molar-refractivity contribution in [1.82, 2.24) is 4.57 Å². The lowest BCUT2D eigenvalue weighted by molar-refractivity contribution is 0.774. The molecule has 0 atom stereocenters. The molecule has 0 radical (unpaired) electrons. The third kappa shape index (κ3) is 1.27. The molecule has 0 unspecified atom stereocenters. The molecule has 0 aliphatic rings. The molecule has 0 aromatic carbocycles. The molecule has 3 nitrogen and oxygen atoms in total. The zero-order chi connectivity index (χ0) is 8.43. The normalized spacial score (nSPS) is 9.45. The molecule has 2 N–H and O–H groups in total. The van der Waals surface area contributed by atoms with Crippen LogP contribution in [0.1, 0.15) is 11.8 Å². The maximum atomic E-state index is 8.57. The first-order valence-electron chi connectivity index (χ1n) is 3.10. The zero-order valence-electron chi connectivity index (χ0n) is 6.00. The Kier molecular flexibility index (Phi) is 2.27. The quantitative estimate of drug-likeness (QED) is 0.678. The Labute approximate surface area is 73.7 Å². The molecule has 0 saturated carbocycles. The molecule has 58 valence electrons. The summed E-state index contributed by atoms with van der Waals surface area (Å²) >= 11 is 6.23. The summed E-state index contributed by atoms with van der Waals surface area (Å²) in [4.78, 5) is 0.511. The van der Waals surface area contributed by atoms with E-state index in [9.17, 15) is 0 Å². The first-order chi connectivity index (χ1) is 5.20. The third-order valence-electron chi connectivity index (χ3n) is 1.35. The van der Waals surface area contributed by atoms with Gasteiger partial charge in [-0.15, -0.1) is 0 Å². The van der Waals surface area contributed by atoms with E-state index in [1.54, 1.807) is 4.57 Å².